The number of amides is 1. The number of hydrogen-bond donors (Lipinski definition) is 0. The molecular weight excluding hydrogens is 320 g/mol. The molecule has 2 aliphatic rings. The molecule has 1 fully saturated rings. The molecule has 5 heteroatoms. The lowest BCUT2D eigenvalue weighted by molar-refractivity contribution is -0.142. The van der Waals surface area contributed by atoms with Crippen LogP contribution in [0.5, 0.6) is 5.75 Å². The molecule has 0 radical (unpaired) electrons. The number of likely N-dealkylation sites (tertiary alicyclic amines) is 1. The molecule has 0 saturated carbocycles. The second-order valence-electron chi connectivity index (χ2n) is 6.74. The minimum Gasteiger partial charge on any atom is -0.480 e. The van der Waals surface area contributed by atoms with E-state index in [4.69, 9.17) is 4.74 Å². The van der Waals surface area contributed by atoms with E-state index in [1.54, 1.807) is 11.3 Å². The lowest BCUT2D eigenvalue weighted by Crippen LogP contribution is -2.46. The first-order valence-electron chi connectivity index (χ1n) is 8.63. The van der Waals surface area contributed by atoms with E-state index in [0.717, 1.165) is 47.8 Å². The number of carbonyl (C=O) groups is 1. The van der Waals surface area contributed by atoms with Crippen LogP contribution in [0.4, 0.5) is 0 Å². The SMILES string of the molecule is Cc1csc([C@@H]2CCCCN2C(=O)[C@@H]2Oc3ccccc3[C@@H]2C)n1. The van der Waals surface area contributed by atoms with Gasteiger partial charge in [0.05, 0.1) is 6.04 Å². The van der Waals surface area contributed by atoms with Crippen LogP contribution in [0.1, 0.15) is 54.4 Å². The number of fused-ring (bicyclic) bond motifs is 1. The van der Waals surface area contributed by atoms with Gasteiger partial charge in [-0.25, -0.2) is 4.98 Å². The van der Waals surface area contributed by atoms with E-state index in [9.17, 15) is 4.79 Å². The van der Waals surface area contributed by atoms with Crippen molar-refractivity contribution in [3.8, 4) is 5.75 Å². The van der Waals surface area contributed by atoms with Crippen molar-refractivity contribution in [2.45, 2.75) is 51.2 Å². The topological polar surface area (TPSA) is 42.4 Å². The fourth-order valence-electron chi connectivity index (χ4n) is 3.77. The van der Waals surface area contributed by atoms with Gasteiger partial charge in [-0.2, -0.15) is 0 Å². The summed E-state index contributed by atoms with van der Waals surface area (Å²) in [5.74, 6) is 1.05. The summed E-state index contributed by atoms with van der Waals surface area (Å²) < 4.78 is 6.02. The van der Waals surface area contributed by atoms with Crippen LogP contribution in [0, 0.1) is 6.92 Å². The first-order chi connectivity index (χ1) is 11.6. The molecule has 2 aromatic rings. The number of hydrogen-bond acceptors (Lipinski definition) is 4. The van der Waals surface area contributed by atoms with Gasteiger partial charge in [0.2, 0.25) is 0 Å². The van der Waals surface area contributed by atoms with Gasteiger partial charge >= 0.3 is 0 Å². The number of carbonyl (C=O) groups excluding carboxylic acids is 1. The van der Waals surface area contributed by atoms with E-state index in [0.29, 0.717) is 0 Å². The highest BCUT2D eigenvalue weighted by atomic mass is 32.1. The van der Waals surface area contributed by atoms with Crippen molar-refractivity contribution >= 4 is 17.2 Å². The smallest absolute Gasteiger partial charge is 0.264 e. The summed E-state index contributed by atoms with van der Waals surface area (Å²) >= 11 is 1.66. The summed E-state index contributed by atoms with van der Waals surface area (Å²) in [7, 11) is 0. The molecular formula is C19H22N2O2S. The lowest BCUT2D eigenvalue weighted by Gasteiger charge is -2.36. The number of nitrogens with zero attached hydrogens (tertiary/aromatic N) is 2. The Morgan fingerprint density at radius 3 is 2.92 bits per heavy atom. The van der Waals surface area contributed by atoms with Crippen molar-refractivity contribution in [3.05, 3.63) is 45.9 Å². The zero-order chi connectivity index (χ0) is 16.7. The van der Waals surface area contributed by atoms with Gasteiger partial charge in [-0.15, -0.1) is 11.3 Å². The number of aryl methyl sites for hydroxylation is 1. The van der Waals surface area contributed by atoms with Crippen molar-refractivity contribution < 1.29 is 9.53 Å². The number of rotatable bonds is 2. The molecule has 1 saturated heterocycles. The van der Waals surface area contributed by atoms with Crippen molar-refractivity contribution in [2.75, 3.05) is 6.54 Å². The molecule has 0 unspecified atom stereocenters. The molecule has 1 amide bonds. The third kappa shape index (κ3) is 2.61. The molecule has 24 heavy (non-hydrogen) atoms. The summed E-state index contributed by atoms with van der Waals surface area (Å²) in [4.78, 5) is 19.9. The molecule has 2 aliphatic heterocycles. The summed E-state index contributed by atoms with van der Waals surface area (Å²) in [6.45, 7) is 4.89. The number of aromatic nitrogens is 1. The van der Waals surface area contributed by atoms with E-state index < -0.39 is 6.10 Å². The van der Waals surface area contributed by atoms with E-state index >= 15 is 0 Å². The maximum Gasteiger partial charge on any atom is 0.264 e. The number of thiazole rings is 1. The van der Waals surface area contributed by atoms with Crippen molar-refractivity contribution in [1.29, 1.82) is 0 Å². The van der Waals surface area contributed by atoms with E-state index in [1.807, 2.05) is 30.0 Å². The molecule has 126 valence electrons. The first-order valence-corrected chi connectivity index (χ1v) is 9.51. The summed E-state index contributed by atoms with van der Waals surface area (Å²) in [5.41, 5.74) is 2.17. The Morgan fingerprint density at radius 2 is 2.17 bits per heavy atom. The minimum absolute atomic E-state index is 0.0920. The maximum absolute atomic E-state index is 13.2. The number of benzene rings is 1. The maximum atomic E-state index is 13.2. The average Bonchev–Trinajstić information content (AvgIpc) is 3.18. The van der Waals surface area contributed by atoms with Crippen molar-refractivity contribution in [1.82, 2.24) is 9.88 Å². The minimum atomic E-state index is -0.413. The number of ether oxygens (including phenoxy) is 1. The fourth-order valence-corrected chi connectivity index (χ4v) is 4.71. The van der Waals surface area contributed by atoms with Crippen molar-refractivity contribution in [2.24, 2.45) is 0 Å². The summed E-state index contributed by atoms with van der Waals surface area (Å²) in [6, 6.07) is 8.08. The van der Waals surface area contributed by atoms with Gasteiger partial charge in [0.1, 0.15) is 10.8 Å². The van der Waals surface area contributed by atoms with Crippen molar-refractivity contribution in [3.63, 3.8) is 0 Å². The van der Waals surface area contributed by atoms with Crippen LogP contribution in [0.25, 0.3) is 0 Å². The van der Waals surface area contributed by atoms with Crippen LogP contribution in [0.2, 0.25) is 0 Å². The largest absolute Gasteiger partial charge is 0.480 e. The average molecular weight is 342 g/mol. The second-order valence-corrected chi connectivity index (χ2v) is 7.62. The molecule has 3 heterocycles. The highest BCUT2D eigenvalue weighted by molar-refractivity contribution is 7.09. The van der Waals surface area contributed by atoms with Crippen LogP contribution >= 0.6 is 11.3 Å². The summed E-state index contributed by atoms with van der Waals surface area (Å²) in [5, 5.41) is 3.13. The monoisotopic (exact) mass is 342 g/mol. The van der Waals surface area contributed by atoms with E-state index in [-0.39, 0.29) is 17.9 Å². The standard InChI is InChI=1S/C19H22N2O2S/c1-12-11-24-18(20-12)15-8-5-6-10-21(15)19(22)17-13(2)14-7-3-4-9-16(14)23-17/h3-4,7,9,11,13,15,17H,5-6,8,10H2,1-2H3/t13-,15-,17+/m0/s1. The van der Waals surface area contributed by atoms with Crippen LogP contribution in [-0.2, 0) is 4.79 Å². The Balaban J connectivity index is 1.59. The van der Waals surface area contributed by atoms with Crippen LogP contribution < -0.4 is 4.74 Å². The van der Waals surface area contributed by atoms with Gasteiger partial charge in [-0.1, -0.05) is 25.1 Å². The molecule has 0 aliphatic carbocycles. The zero-order valence-electron chi connectivity index (χ0n) is 14.1. The Hall–Kier alpha value is -1.88. The van der Waals surface area contributed by atoms with Gasteiger partial charge in [0, 0.05) is 29.1 Å². The Bertz CT molecular complexity index is 757. The van der Waals surface area contributed by atoms with Gasteiger partial charge in [-0.05, 0) is 32.3 Å². The fraction of sp³-hybridized carbons (Fsp3) is 0.474. The molecule has 0 N–H and O–H groups in total. The quantitative estimate of drug-likeness (QED) is 0.826. The van der Waals surface area contributed by atoms with Gasteiger partial charge < -0.3 is 9.64 Å². The van der Waals surface area contributed by atoms with Gasteiger partial charge in [-0.3, -0.25) is 4.79 Å². The Kier molecular flexibility index (Phi) is 4.04. The molecule has 1 aromatic carbocycles. The molecule has 3 atom stereocenters. The van der Waals surface area contributed by atoms with Gasteiger partial charge in [0.15, 0.2) is 6.10 Å². The Morgan fingerprint density at radius 1 is 1.33 bits per heavy atom. The second kappa shape index (κ2) is 6.20. The third-order valence-corrected chi connectivity index (χ3v) is 6.13. The molecule has 4 nitrogen and oxygen atoms in total. The van der Waals surface area contributed by atoms with Gasteiger partial charge in [0.25, 0.3) is 5.91 Å². The molecule has 1 aromatic heterocycles. The Labute approximate surface area is 146 Å². The predicted molar refractivity (Wildman–Crippen MR) is 94.4 cm³/mol. The first kappa shape index (κ1) is 15.6. The van der Waals surface area contributed by atoms with E-state index in [2.05, 4.69) is 23.4 Å². The van der Waals surface area contributed by atoms with Crippen LogP contribution in [0.15, 0.2) is 29.6 Å². The van der Waals surface area contributed by atoms with E-state index in [1.165, 1.54) is 0 Å². The normalized spacial score (nSPS) is 26.1. The van der Waals surface area contributed by atoms with Crippen LogP contribution in [-0.4, -0.2) is 28.4 Å². The lowest BCUT2D eigenvalue weighted by atomic mass is 9.95. The van der Waals surface area contributed by atoms with Crippen LogP contribution in [0.3, 0.4) is 0 Å². The highest BCUT2D eigenvalue weighted by Crippen LogP contribution is 2.40. The molecule has 4 rings (SSSR count). The summed E-state index contributed by atoms with van der Waals surface area (Å²) in [6.07, 6.45) is 2.78. The third-order valence-electron chi connectivity index (χ3n) is 5.07. The number of piperidine rings is 1. The number of para-hydroxylation sites is 1. The molecule has 0 spiro atoms. The zero-order valence-corrected chi connectivity index (χ0v) is 14.9. The predicted octanol–water partition coefficient (Wildman–Crippen LogP) is 4.07. The molecule has 0 bridgehead atoms. The highest BCUT2D eigenvalue weighted by Gasteiger charge is 2.41.